The Balaban J connectivity index is 2.11. The number of carbonyl (C=O) groups is 2. The molecule has 0 atom stereocenters. The molecule has 0 spiro atoms. The van der Waals surface area contributed by atoms with Gasteiger partial charge in [-0.1, -0.05) is 18.2 Å². The largest absolute Gasteiger partial charge is 0.477 e. The first-order chi connectivity index (χ1) is 9.06. The van der Waals surface area contributed by atoms with Crippen LogP contribution in [-0.4, -0.2) is 16.9 Å². The summed E-state index contributed by atoms with van der Waals surface area (Å²) in [6.45, 7) is 0. The van der Waals surface area contributed by atoms with E-state index in [4.69, 9.17) is 5.11 Å². The number of hydrogen-bond donors (Lipinski definition) is 1. The van der Waals surface area contributed by atoms with Crippen LogP contribution in [0.3, 0.4) is 0 Å². The number of rotatable bonds is 4. The molecule has 1 aromatic carbocycles. The van der Waals surface area contributed by atoms with Crippen LogP contribution in [0, 0.1) is 5.82 Å². The van der Waals surface area contributed by atoms with Gasteiger partial charge >= 0.3 is 5.97 Å². The summed E-state index contributed by atoms with van der Waals surface area (Å²) >= 11 is 0.926. The van der Waals surface area contributed by atoms with Gasteiger partial charge in [0.25, 0.3) is 0 Å². The van der Waals surface area contributed by atoms with Crippen LogP contribution < -0.4 is 0 Å². The summed E-state index contributed by atoms with van der Waals surface area (Å²) in [5.74, 6) is -1.67. The molecule has 2 rings (SSSR count). The third-order valence-electron chi connectivity index (χ3n) is 2.36. The molecule has 1 aromatic heterocycles. The van der Waals surface area contributed by atoms with Gasteiger partial charge in [-0.2, -0.15) is 0 Å². The number of carbonyl (C=O) groups excluding carboxylic acids is 1. The predicted molar refractivity (Wildman–Crippen MR) is 71.0 cm³/mol. The minimum absolute atomic E-state index is 0.124. The van der Waals surface area contributed by atoms with E-state index in [1.165, 1.54) is 30.3 Å². The molecule has 0 bridgehead atoms. The van der Waals surface area contributed by atoms with E-state index in [-0.39, 0.29) is 16.5 Å². The summed E-state index contributed by atoms with van der Waals surface area (Å²) in [7, 11) is 0. The Labute approximate surface area is 112 Å². The molecule has 0 aliphatic heterocycles. The first-order valence-electron chi connectivity index (χ1n) is 5.37. The number of carboxylic acids is 1. The van der Waals surface area contributed by atoms with Crippen molar-refractivity contribution in [3.8, 4) is 0 Å². The van der Waals surface area contributed by atoms with E-state index < -0.39 is 5.97 Å². The average Bonchev–Trinajstić information content (AvgIpc) is 2.87. The van der Waals surface area contributed by atoms with Gasteiger partial charge in [-0.05, 0) is 35.9 Å². The second-order valence-electron chi connectivity index (χ2n) is 3.72. The highest BCUT2D eigenvalue weighted by atomic mass is 32.1. The lowest BCUT2D eigenvalue weighted by Gasteiger charge is -1.92. The monoisotopic (exact) mass is 276 g/mol. The maximum absolute atomic E-state index is 12.7. The zero-order valence-electron chi connectivity index (χ0n) is 9.67. The van der Waals surface area contributed by atoms with Crippen LogP contribution in [0.1, 0.15) is 24.9 Å². The number of halogens is 1. The normalized spacial score (nSPS) is 10.8. The van der Waals surface area contributed by atoms with E-state index >= 15 is 0 Å². The summed E-state index contributed by atoms with van der Waals surface area (Å²) in [5, 5.41) is 8.76. The second kappa shape index (κ2) is 5.58. The molecule has 0 fully saturated rings. The highest BCUT2D eigenvalue weighted by molar-refractivity contribution is 7.16. The summed E-state index contributed by atoms with van der Waals surface area (Å²) in [6.07, 6.45) is 2.90. The van der Waals surface area contributed by atoms with Gasteiger partial charge in [-0.3, -0.25) is 4.79 Å². The van der Waals surface area contributed by atoms with Crippen molar-refractivity contribution in [2.24, 2.45) is 0 Å². The Morgan fingerprint density at radius 1 is 1.05 bits per heavy atom. The first-order valence-corrected chi connectivity index (χ1v) is 6.19. The molecule has 0 amide bonds. The van der Waals surface area contributed by atoms with Crippen molar-refractivity contribution in [1.29, 1.82) is 0 Å². The van der Waals surface area contributed by atoms with Crippen LogP contribution in [-0.2, 0) is 0 Å². The lowest BCUT2D eigenvalue weighted by molar-refractivity contribution is 0.0702. The molecule has 5 heteroatoms. The van der Waals surface area contributed by atoms with E-state index in [1.807, 2.05) is 0 Å². The Morgan fingerprint density at radius 3 is 2.26 bits per heavy atom. The molecule has 19 heavy (non-hydrogen) atoms. The SMILES string of the molecule is O=C(O)c1ccc(C(=O)/C=C/c2ccc(F)cc2)s1. The minimum atomic E-state index is -1.05. The van der Waals surface area contributed by atoms with Crippen molar-refractivity contribution in [2.75, 3.05) is 0 Å². The second-order valence-corrected chi connectivity index (χ2v) is 4.80. The molecule has 0 unspecified atom stereocenters. The Morgan fingerprint density at radius 2 is 1.68 bits per heavy atom. The van der Waals surface area contributed by atoms with Gasteiger partial charge in [-0.25, -0.2) is 9.18 Å². The maximum Gasteiger partial charge on any atom is 0.345 e. The molecule has 0 saturated heterocycles. The Bertz CT molecular complexity index is 641. The maximum atomic E-state index is 12.7. The molecule has 1 N–H and O–H groups in total. The number of carboxylic acid groups (broad SMARTS) is 1. The van der Waals surface area contributed by atoms with Crippen molar-refractivity contribution in [2.45, 2.75) is 0 Å². The third-order valence-corrected chi connectivity index (χ3v) is 3.44. The molecule has 0 radical (unpaired) electrons. The molecular weight excluding hydrogens is 267 g/mol. The smallest absolute Gasteiger partial charge is 0.345 e. The molecule has 1 heterocycles. The predicted octanol–water partition coefficient (Wildman–Crippen LogP) is 3.48. The van der Waals surface area contributed by atoms with Crippen molar-refractivity contribution in [3.63, 3.8) is 0 Å². The molecule has 96 valence electrons. The summed E-state index contributed by atoms with van der Waals surface area (Å²) < 4.78 is 12.7. The van der Waals surface area contributed by atoms with Gasteiger partial charge in [0.15, 0.2) is 5.78 Å². The Kier molecular flexibility index (Phi) is 3.87. The van der Waals surface area contributed by atoms with Crippen molar-refractivity contribution in [1.82, 2.24) is 0 Å². The molecule has 3 nitrogen and oxygen atoms in total. The van der Waals surface area contributed by atoms with Crippen molar-refractivity contribution >= 4 is 29.2 Å². The van der Waals surface area contributed by atoms with Crippen LogP contribution in [0.15, 0.2) is 42.5 Å². The fourth-order valence-electron chi connectivity index (χ4n) is 1.41. The van der Waals surface area contributed by atoms with Gasteiger partial charge in [0.1, 0.15) is 10.7 Å². The summed E-state index contributed by atoms with van der Waals surface area (Å²) in [4.78, 5) is 23.0. The zero-order chi connectivity index (χ0) is 13.8. The van der Waals surface area contributed by atoms with Gasteiger partial charge in [-0.15, -0.1) is 11.3 Å². The fourth-order valence-corrected chi connectivity index (χ4v) is 2.18. The number of allylic oxidation sites excluding steroid dienone is 1. The first kappa shape index (κ1) is 13.2. The van der Waals surface area contributed by atoms with E-state index in [2.05, 4.69) is 0 Å². The van der Waals surface area contributed by atoms with Gasteiger partial charge in [0.2, 0.25) is 0 Å². The van der Waals surface area contributed by atoms with Crippen LogP contribution >= 0.6 is 11.3 Å². The molecule has 2 aromatic rings. The Hall–Kier alpha value is -2.27. The number of ketones is 1. The quantitative estimate of drug-likeness (QED) is 0.687. The number of hydrogen-bond acceptors (Lipinski definition) is 3. The zero-order valence-corrected chi connectivity index (χ0v) is 10.5. The van der Waals surface area contributed by atoms with Crippen LogP contribution in [0.25, 0.3) is 6.08 Å². The molecule has 0 saturated carbocycles. The topological polar surface area (TPSA) is 54.4 Å². The van der Waals surface area contributed by atoms with Gasteiger partial charge in [0.05, 0.1) is 4.88 Å². The highest BCUT2D eigenvalue weighted by Gasteiger charge is 2.10. The minimum Gasteiger partial charge on any atom is -0.477 e. The number of benzene rings is 1. The lowest BCUT2D eigenvalue weighted by Crippen LogP contribution is -1.91. The van der Waals surface area contributed by atoms with E-state index in [1.54, 1.807) is 18.2 Å². The van der Waals surface area contributed by atoms with Crippen LogP contribution in [0.4, 0.5) is 4.39 Å². The standard InChI is InChI=1S/C14H9FO3S/c15-10-4-1-9(2-5-10)3-6-11(16)12-7-8-13(19-12)14(17)18/h1-8H,(H,17,18)/b6-3+. The van der Waals surface area contributed by atoms with Crippen LogP contribution in [0.2, 0.25) is 0 Å². The highest BCUT2D eigenvalue weighted by Crippen LogP contribution is 2.17. The number of aromatic carboxylic acids is 1. The average molecular weight is 276 g/mol. The summed E-state index contributed by atoms with van der Waals surface area (Å²) in [6, 6.07) is 8.58. The van der Waals surface area contributed by atoms with E-state index in [0.29, 0.717) is 10.4 Å². The summed E-state index contributed by atoms with van der Waals surface area (Å²) in [5.41, 5.74) is 0.699. The van der Waals surface area contributed by atoms with Gasteiger partial charge < -0.3 is 5.11 Å². The van der Waals surface area contributed by atoms with Crippen molar-refractivity contribution in [3.05, 3.63) is 63.6 Å². The molecule has 0 aliphatic carbocycles. The van der Waals surface area contributed by atoms with E-state index in [0.717, 1.165) is 11.3 Å². The lowest BCUT2D eigenvalue weighted by atomic mass is 10.2. The van der Waals surface area contributed by atoms with E-state index in [9.17, 15) is 14.0 Å². The fraction of sp³-hybridized carbons (Fsp3) is 0. The van der Waals surface area contributed by atoms with Crippen LogP contribution in [0.5, 0.6) is 0 Å². The molecule has 0 aliphatic rings. The molecular formula is C14H9FO3S. The van der Waals surface area contributed by atoms with Gasteiger partial charge in [0, 0.05) is 0 Å². The number of thiophene rings is 1. The third kappa shape index (κ3) is 3.35. The van der Waals surface area contributed by atoms with Crippen molar-refractivity contribution < 1.29 is 19.1 Å².